The lowest BCUT2D eigenvalue weighted by Crippen LogP contribution is -2.54. The second kappa shape index (κ2) is 9.61. The average molecular weight is 380 g/mol. The number of aromatic nitrogens is 3. The zero-order valence-corrected chi connectivity index (χ0v) is 16.4. The Bertz CT molecular complexity index is 606. The molecule has 8 heteroatoms. The molecule has 1 aromatic heterocycles. The fourth-order valence-corrected chi connectivity index (χ4v) is 4.17. The van der Waals surface area contributed by atoms with Crippen LogP contribution in [0.25, 0.3) is 0 Å². The molecule has 0 aliphatic carbocycles. The van der Waals surface area contributed by atoms with Crippen LogP contribution in [0.3, 0.4) is 0 Å². The third-order valence-corrected chi connectivity index (χ3v) is 5.71. The summed E-state index contributed by atoms with van der Waals surface area (Å²) in [4.78, 5) is 12.0. The van der Waals surface area contributed by atoms with Gasteiger partial charge < -0.3 is 19.9 Å². The summed E-state index contributed by atoms with van der Waals surface area (Å²) in [5.41, 5.74) is 6.41. The first kappa shape index (κ1) is 20.2. The van der Waals surface area contributed by atoms with Gasteiger partial charge in [0.15, 0.2) is 0 Å². The van der Waals surface area contributed by atoms with Crippen LogP contribution in [-0.4, -0.2) is 52.5 Å². The molecule has 0 spiro atoms. The summed E-state index contributed by atoms with van der Waals surface area (Å²) in [5, 5.41) is 8.25. The number of hydrogen-bond acceptors (Lipinski definition) is 7. The van der Waals surface area contributed by atoms with Crippen molar-refractivity contribution >= 4 is 5.97 Å². The Morgan fingerprint density at radius 1 is 1.41 bits per heavy atom. The second-order valence-corrected chi connectivity index (χ2v) is 7.60. The fraction of sp³-hybridized carbons (Fsp3) is 0.842. The van der Waals surface area contributed by atoms with Crippen molar-refractivity contribution in [3.8, 4) is 0 Å². The van der Waals surface area contributed by atoms with Gasteiger partial charge in [-0.15, -0.1) is 5.10 Å². The Morgan fingerprint density at radius 3 is 3.00 bits per heavy atom. The number of ether oxygens (including phenoxy) is 3. The fourth-order valence-electron chi connectivity index (χ4n) is 4.17. The van der Waals surface area contributed by atoms with E-state index >= 15 is 0 Å². The number of nitrogens with zero attached hydrogens (tertiary/aromatic N) is 3. The number of carbonyl (C=O) groups is 1. The van der Waals surface area contributed by atoms with Crippen molar-refractivity contribution in [2.24, 2.45) is 17.6 Å². The zero-order valence-electron chi connectivity index (χ0n) is 16.4. The SMILES string of the molecule is CCC(=O)OC1C2COCCCCCC(C(Cn3cc(CN)nn3)O2)C1C. The van der Waals surface area contributed by atoms with Crippen molar-refractivity contribution < 1.29 is 19.0 Å². The Hall–Kier alpha value is -1.51. The van der Waals surface area contributed by atoms with Crippen molar-refractivity contribution in [2.45, 2.75) is 77.4 Å². The molecule has 0 aromatic carbocycles. The van der Waals surface area contributed by atoms with Crippen LogP contribution in [0.2, 0.25) is 0 Å². The normalized spacial score (nSPS) is 32.0. The maximum atomic E-state index is 12.0. The highest BCUT2D eigenvalue weighted by Gasteiger charge is 2.45. The average Bonchev–Trinajstić information content (AvgIpc) is 3.10. The summed E-state index contributed by atoms with van der Waals surface area (Å²) in [5.74, 6) is 0.305. The van der Waals surface area contributed by atoms with Crippen molar-refractivity contribution in [1.82, 2.24) is 15.0 Å². The van der Waals surface area contributed by atoms with Gasteiger partial charge in [-0.1, -0.05) is 31.9 Å². The second-order valence-electron chi connectivity index (χ2n) is 7.60. The van der Waals surface area contributed by atoms with Gasteiger partial charge >= 0.3 is 5.97 Å². The number of carbonyl (C=O) groups excluding carboxylic acids is 1. The standard InChI is InChI=1S/C19H32N4O4/c1-3-18(24)27-19-13(2)15-7-5-4-6-8-25-12-17(19)26-16(15)11-23-10-14(9-20)21-22-23/h10,13,15-17,19H,3-9,11-12,20H2,1-2H3. The first-order valence-electron chi connectivity index (χ1n) is 10.1. The van der Waals surface area contributed by atoms with E-state index in [9.17, 15) is 4.79 Å². The molecule has 4 rings (SSSR count). The highest BCUT2D eigenvalue weighted by Crippen LogP contribution is 2.37. The van der Waals surface area contributed by atoms with Crippen LogP contribution >= 0.6 is 0 Å². The number of esters is 1. The van der Waals surface area contributed by atoms with Gasteiger partial charge in [-0.2, -0.15) is 0 Å². The van der Waals surface area contributed by atoms with E-state index < -0.39 is 0 Å². The van der Waals surface area contributed by atoms with Crippen LogP contribution in [0, 0.1) is 11.8 Å². The minimum absolute atomic E-state index is 0.0180. The maximum Gasteiger partial charge on any atom is 0.305 e. The quantitative estimate of drug-likeness (QED) is 0.775. The van der Waals surface area contributed by atoms with Crippen LogP contribution in [0.1, 0.15) is 51.6 Å². The predicted octanol–water partition coefficient (Wildman–Crippen LogP) is 1.67. The monoisotopic (exact) mass is 380 g/mol. The van der Waals surface area contributed by atoms with Crippen molar-refractivity contribution in [2.75, 3.05) is 13.2 Å². The highest BCUT2D eigenvalue weighted by molar-refractivity contribution is 5.69. The van der Waals surface area contributed by atoms with Gasteiger partial charge in [0, 0.05) is 31.7 Å². The molecule has 1 aromatic rings. The first-order valence-corrected chi connectivity index (χ1v) is 10.1. The van der Waals surface area contributed by atoms with Crippen LogP contribution in [0.4, 0.5) is 0 Å². The molecular weight excluding hydrogens is 348 g/mol. The third-order valence-electron chi connectivity index (χ3n) is 5.71. The molecule has 8 nitrogen and oxygen atoms in total. The summed E-state index contributed by atoms with van der Waals surface area (Å²) in [6, 6.07) is 0. The topological polar surface area (TPSA) is 101 Å². The third kappa shape index (κ3) is 5.06. The molecule has 3 fully saturated rings. The largest absolute Gasteiger partial charge is 0.459 e. The number of rotatable bonds is 5. The molecule has 3 aliphatic heterocycles. The van der Waals surface area contributed by atoms with Gasteiger partial charge in [0.05, 0.1) is 24.9 Å². The van der Waals surface area contributed by atoms with E-state index in [1.165, 1.54) is 0 Å². The van der Waals surface area contributed by atoms with Gasteiger partial charge in [-0.3, -0.25) is 4.79 Å². The summed E-state index contributed by atoms with van der Waals surface area (Å²) in [6.07, 6.45) is 6.04. The Labute approximate surface area is 160 Å². The van der Waals surface area contributed by atoms with Gasteiger partial charge in [-0.05, 0) is 18.8 Å². The molecule has 3 saturated heterocycles. The van der Waals surface area contributed by atoms with Gasteiger partial charge in [0.2, 0.25) is 0 Å². The molecular formula is C19H32N4O4. The Morgan fingerprint density at radius 2 is 2.26 bits per heavy atom. The number of nitrogens with two attached hydrogens (primary N) is 1. The molecule has 4 heterocycles. The molecule has 152 valence electrons. The number of hydrogen-bond donors (Lipinski definition) is 1. The summed E-state index contributed by atoms with van der Waals surface area (Å²) in [7, 11) is 0. The molecule has 5 unspecified atom stereocenters. The summed E-state index contributed by atoms with van der Waals surface area (Å²) >= 11 is 0. The van der Waals surface area contributed by atoms with Gasteiger partial charge in [0.25, 0.3) is 0 Å². The maximum absolute atomic E-state index is 12.0. The van der Waals surface area contributed by atoms with E-state index in [-0.39, 0.29) is 30.2 Å². The number of fused-ring (bicyclic) bond motifs is 8. The van der Waals surface area contributed by atoms with Gasteiger partial charge in [0.1, 0.15) is 12.2 Å². The lowest BCUT2D eigenvalue weighted by molar-refractivity contribution is -0.211. The Balaban J connectivity index is 1.80. The van der Waals surface area contributed by atoms with Crippen LogP contribution in [-0.2, 0) is 32.1 Å². The molecule has 2 N–H and O–H groups in total. The molecule has 27 heavy (non-hydrogen) atoms. The zero-order chi connectivity index (χ0) is 19.2. The first-order chi connectivity index (χ1) is 13.1. The van der Waals surface area contributed by atoms with Crippen molar-refractivity contribution in [3.05, 3.63) is 11.9 Å². The molecule has 0 radical (unpaired) electrons. The molecule has 3 aliphatic rings. The van der Waals surface area contributed by atoms with E-state index in [1.807, 2.05) is 17.8 Å². The van der Waals surface area contributed by atoms with E-state index in [0.29, 0.717) is 32.0 Å². The summed E-state index contributed by atoms with van der Waals surface area (Å²) in [6.45, 7) is 6.15. The summed E-state index contributed by atoms with van der Waals surface area (Å²) < 4.78 is 19.9. The van der Waals surface area contributed by atoms with Crippen molar-refractivity contribution in [1.29, 1.82) is 0 Å². The minimum atomic E-state index is -0.271. The highest BCUT2D eigenvalue weighted by atomic mass is 16.6. The van der Waals surface area contributed by atoms with E-state index in [1.54, 1.807) is 0 Å². The Kier molecular flexibility index (Phi) is 7.20. The molecule has 2 bridgehead atoms. The van der Waals surface area contributed by atoms with E-state index in [0.717, 1.165) is 38.0 Å². The lowest BCUT2D eigenvalue weighted by atomic mass is 9.77. The van der Waals surface area contributed by atoms with Crippen molar-refractivity contribution in [3.63, 3.8) is 0 Å². The van der Waals surface area contributed by atoms with Crippen LogP contribution < -0.4 is 5.73 Å². The van der Waals surface area contributed by atoms with Crippen LogP contribution in [0.5, 0.6) is 0 Å². The van der Waals surface area contributed by atoms with Crippen LogP contribution in [0.15, 0.2) is 6.20 Å². The lowest BCUT2D eigenvalue weighted by Gasteiger charge is -2.45. The van der Waals surface area contributed by atoms with Gasteiger partial charge in [-0.25, -0.2) is 4.68 Å². The van der Waals surface area contributed by atoms with E-state index in [4.69, 9.17) is 19.9 Å². The molecule has 0 saturated carbocycles. The van der Waals surface area contributed by atoms with E-state index in [2.05, 4.69) is 17.2 Å². The smallest absolute Gasteiger partial charge is 0.305 e. The molecule has 5 atom stereocenters. The minimum Gasteiger partial charge on any atom is -0.459 e. The predicted molar refractivity (Wildman–Crippen MR) is 98.7 cm³/mol. The molecule has 0 amide bonds.